The lowest BCUT2D eigenvalue weighted by atomic mass is 10.0. The van der Waals surface area contributed by atoms with E-state index in [2.05, 4.69) is 9.97 Å². The van der Waals surface area contributed by atoms with Gasteiger partial charge in [0, 0.05) is 29.4 Å². The van der Waals surface area contributed by atoms with Crippen LogP contribution in [0.2, 0.25) is 0 Å². The van der Waals surface area contributed by atoms with Crippen LogP contribution in [0.15, 0.2) is 53.2 Å². The van der Waals surface area contributed by atoms with Gasteiger partial charge >= 0.3 is 0 Å². The van der Waals surface area contributed by atoms with Gasteiger partial charge in [-0.15, -0.1) is 0 Å². The van der Waals surface area contributed by atoms with Crippen LogP contribution in [0.1, 0.15) is 24.3 Å². The standard InChI is InChI=1S/C23H19FN4O3S/c1-32(29,30)28(11-8-25)19-13-20-18(12-17(19)14-2-3-14)21(23-26-9-10-27-23)22(31-20)15-4-6-16(24)7-5-15/h4-7,9-10,12-14H,2-3,11H2,1H3,(H,26,27). The van der Waals surface area contributed by atoms with Gasteiger partial charge in [0.15, 0.2) is 0 Å². The number of hydrogen-bond donors (Lipinski definition) is 1. The Morgan fingerprint density at radius 3 is 2.62 bits per heavy atom. The first-order chi connectivity index (χ1) is 15.4. The monoisotopic (exact) mass is 450 g/mol. The number of rotatable bonds is 6. The van der Waals surface area contributed by atoms with E-state index in [1.54, 1.807) is 30.6 Å². The second kappa shape index (κ2) is 7.50. The van der Waals surface area contributed by atoms with Gasteiger partial charge in [-0.05, 0) is 54.7 Å². The Bertz CT molecular complexity index is 1450. The van der Waals surface area contributed by atoms with Gasteiger partial charge in [-0.3, -0.25) is 4.31 Å². The number of nitrogens with one attached hydrogen (secondary N) is 1. The Morgan fingerprint density at radius 2 is 2.03 bits per heavy atom. The van der Waals surface area contributed by atoms with Crippen LogP contribution in [0.5, 0.6) is 0 Å². The van der Waals surface area contributed by atoms with E-state index in [1.807, 2.05) is 12.1 Å². The molecular formula is C23H19FN4O3S. The predicted molar refractivity (Wildman–Crippen MR) is 119 cm³/mol. The van der Waals surface area contributed by atoms with E-state index >= 15 is 0 Å². The third-order valence-electron chi connectivity index (χ3n) is 5.58. The Hall–Kier alpha value is -3.64. The summed E-state index contributed by atoms with van der Waals surface area (Å²) in [5.41, 5.74) is 3.16. The third kappa shape index (κ3) is 3.52. The first kappa shape index (κ1) is 20.3. The molecule has 2 aromatic carbocycles. The molecule has 7 nitrogen and oxygen atoms in total. The number of anilines is 1. The van der Waals surface area contributed by atoms with Crippen LogP contribution in [0, 0.1) is 17.1 Å². The van der Waals surface area contributed by atoms with Crippen LogP contribution in [-0.2, 0) is 10.0 Å². The Kier molecular flexibility index (Phi) is 4.75. The fraction of sp³-hybridized carbons (Fsp3) is 0.217. The van der Waals surface area contributed by atoms with Crippen molar-refractivity contribution in [2.24, 2.45) is 0 Å². The molecule has 162 valence electrons. The van der Waals surface area contributed by atoms with Crippen LogP contribution in [0.3, 0.4) is 0 Å². The minimum absolute atomic E-state index is 0.214. The summed E-state index contributed by atoms with van der Waals surface area (Å²) >= 11 is 0. The smallest absolute Gasteiger partial charge is 0.233 e. The average molecular weight is 450 g/mol. The molecule has 4 aromatic rings. The van der Waals surface area contributed by atoms with Gasteiger partial charge in [0.2, 0.25) is 10.0 Å². The quantitative estimate of drug-likeness (QED) is 0.425. The SMILES string of the molecule is CS(=O)(=O)N(CC#N)c1cc2oc(-c3ccc(F)cc3)c(-c3ncc[nH]3)c2cc1C1CC1. The van der Waals surface area contributed by atoms with E-state index < -0.39 is 10.0 Å². The Morgan fingerprint density at radius 1 is 1.28 bits per heavy atom. The van der Waals surface area contributed by atoms with Gasteiger partial charge in [0.1, 0.15) is 29.5 Å². The van der Waals surface area contributed by atoms with E-state index in [9.17, 15) is 18.1 Å². The summed E-state index contributed by atoms with van der Waals surface area (Å²) < 4.78 is 45.8. The number of aromatic nitrogens is 2. The number of benzene rings is 2. The number of aromatic amines is 1. The van der Waals surface area contributed by atoms with Crippen LogP contribution < -0.4 is 4.31 Å². The molecule has 0 saturated heterocycles. The van der Waals surface area contributed by atoms with Crippen molar-refractivity contribution in [2.75, 3.05) is 17.1 Å². The summed E-state index contributed by atoms with van der Waals surface area (Å²) in [5.74, 6) is 0.948. The molecule has 2 aromatic heterocycles. The lowest BCUT2D eigenvalue weighted by molar-refractivity contribution is 0.598. The first-order valence-corrected chi connectivity index (χ1v) is 11.9. The second-order valence-electron chi connectivity index (χ2n) is 7.86. The minimum Gasteiger partial charge on any atom is -0.455 e. The van der Waals surface area contributed by atoms with Crippen LogP contribution in [-0.4, -0.2) is 31.2 Å². The highest BCUT2D eigenvalue weighted by molar-refractivity contribution is 7.92. The van der Waals surface area contributed by atoms with Gasteiger partial charge in [-0.2, -0.15) is 5.26 Å². The van der Waals surface area contributed by atoms with Crippen molar-refractivity contribution >= 4 is 26.7 Å². The molecule has 0 spiro atoms. The lowest BCUT2D eigenvalue weighted by Gasteiger charge is -2.22. The predicted octanol–water partition coefficient (Wildman–Crippen LogP) is 4.80. The summed E-state index contributed by atoms with van der Waals surface area (Å²) in [6.45, 7) is -0.291. The van der Waals surface area contributed by atoms with Crippen molar-refractivity contribution in [3.05, 3.63) is 60.2 Å². The fourth-order valence-electron chi connectivity index (χ4n) is 3.97. The topological polar surface area (TPSA) is 103 Å². The number of fused-ring (bicyclic) bond motifs is 1. The number of sulfonamides is 1. The van der Waals surface area contributed by atoms with E-state index in [4.69, 9.17) is 4.42 Å². The summed E-state index contributed by atoms with van der Waals surface area (Å²) in [5, 5.41) is 10.0. The Labute approximate surface area is 184 Å². The van der Waals surface area contributed by atoms with Gasteiger partial charge in [-0.25, -0.2) is 17.8 Å². The minimum atomic E-state index is -3.67. The lowest BCUT2D eigenvalue weighted by Crippen LogP contribution is -2.31. The van der Waals surface area contributed by atoms with E-state index in [0.717, 1.165) is 39.9 Å². The molecule has 2 heterocycles. The molecule has 32 heavy (non-hydrogen) atoms. The molecule has 1 N–H and O–H groups in total. The van der Waals surface area contributed by atoms with Crippen LogP contribution in [0.25, 0.3) is 33.7 Å². The zero-order chi connectivity index (χ0) is 22.5. The maximum Gasteiger partial charge on any atom is 0.233 e. The zero-order valence-corrected chi connectivity index (χ0v) is 18.0. The molecule has 1 saturated carbocycles. The largest absolute Gasteiger partial charge is 0.455 e. The molecule has 0 atom stereocenters. The molecule has 1 fully saturated rings. The van der Waals surface area contributed by atoms with Gasteiger partial charge in [0.05, 0.1) is 23.6 Å². The third-order valence-corrected chi connectivity index (χ3v) is 6.71. The average Bonchev–Trinajstić information content (AvgIpc) is 3.32. The molecule has 1 aliphatic rings. The molecule has 9 heteroatoms. The number of halogens is 1. The number of imidazole rings is 1. The van der Waals surface area contributed by atoms with Crippen molar-refractivity contribution in [1.29, 1.82) is 5.26 Å². The molecule has 0 aliphatic heterocycles. The molecular weight excluding hydrogens is 431 g/mol. The summed E-state index contributed by atoms with van der Waals surface area (Å²) in [7, 11) is -3.67. The zero-order valence-electron chi connectivity index (χ0n) is 17.2. The summed E-state index contributed by atoms with van der Waals surface area (Å²) in [6, 6.07) is 11.5. The number of nitriles is 1. The number of nitrogens with zero attached hydrogens (tertiary/aromatic N) is 3. The highest BCUT2D eigenvalue weighted by Crippen LogP contribution is 2.49. The summed E-state index contributed by atoms with van der Waals surface area (Å²) in [6.07, 6.45) is 6.32. The molecule has 1 aliphatic carbocycles. The van der Waals surface area contributed by atoms with Crippen molar-refractivity contribution in [2.45, 2.75) is 18.8 Å². The molecule has 0 unspecified atom stereocenters. The highest BCUT2D eigenvalue weighted by Gasteiger charge is 2.32. The Balaban J connectivity index is 1.81. The van der Waals surface area contributed by atoms with E-state index in [1.165, 1.54) is 12.1 Å². The molecule has 0 bridgehead atoms. The van der Waals surface area contributed by atoms with Gasteiger partial charge in [-0.1, -0.05) is 0 Å². The maximum atomic E-state index is 13.5. The fourth-order valence-corrected chi connectivity index (χ4v) is 4.78. The highest BCUT2D eigenvalue weighted by atomic mass is 32.2. The number of H-pyrrole nitrogens is 1. The van der Waals surface area contributed by atoms with Gasteiger partial charge < -0.3 is 9.40 Å². The number of hydrogen-bond acceptors (Lipinski definition) is 5. The second-order valence-corrected chi connectivity index (χ2v) is 9.77. The van der Waals surface area contributed by atoms with Crippen molar-refractivity contribution < 1.29 is 17.2 Å². The first-order valence-electron chi connectivity index (χ1n) is 10.1. The normalized spacial score (nSPS) is 13.9. The van der Waals surface area contributed by atoms with Crippen molar-refractivity contribution in [3.63, 3.8) is 0 Å². The van der Waals surface area contributed by atoms with E-state index in [0.29, 0.717) is 28.4 Å². The van der Waals surface area contributed by atoms with Crippen LogP contribution >= 0.6 is 0 Å². The van der Waals surface area contributed by atoms with Gasteiger partial charge in [0.25, 0.3) is 0 Å². The molecule has 0 radical (unpaired) electrons. The van der Waals surface area contributed by atoms with E-state index in [-0.39, 0.29) is 18.3 Å². The van der Waals surface area contributed by atoms with Crippen molar-refractivity contribution in [3.8, 4) is 28.8 Å². The van der Waals surface area contributed by atoms with Crippen LogP contribution in [0.4, 0.5) is 10.1 Å². The van der Waals surface area contributed by atoms with Crippen molar-refractivity contribution in [1.82, 2.24) is 9.97 Å². The number of furan rings is 1. The molecule has 0 amide bonds. The summed E-state index contributed by atoms with van der Waals surface area (Å²) in [4.78, 5) is 7.49. The molecule has 5 rings (SSSR count). The maximum absolute atomic E-state index is 13.5.